The molecule has 0 aliphatic rings. The van der Waals surface area contributed by atoms with E-state index in [9.17, 15) is 0 Å². The van der Waals surface area contributed by atoms with Crippen molar-refractivity contribution in [3.8, 4) is 17.6 Å². The predicted octanol–water partition coefficient (Wildman–Crippen LogP) is 3.29. The Hall–Kier alpha value is -2.22. The van der Waals surface area contributed by atoms with Gasteiger partial charge in [0.05, 0.1) is 30.4 Å². The molecule has 1 N–H and O–H groups in total. The van der Waals surface area contributed by atoms with E-state index in [-0.39, 0.29) is 6.61 Å². The summed E-state index contributed by atoms with van der Waals surface area (Å²) in [7, 11) is 1.52. The zero-order valence-corrected chi connectivity index (χ0v) is 12.2. The largest absolute Gasteiger partial charge is 0.493 e. The molecule has 0 saturated carbocycles. The molecule has 0 spiro atoms. The summed E-state index contributed by atoms with van der Waals surface area (Å²) in [4.78, 5) is 0. The number of aliphatic hydroxyl groups is 1. The normalized spacial score (nSPS) is 10.0. The number of ether oxygens (including phenoxy) is 2. The van der Waals surface area contributed by atoms with Gasteiger partial charge >= 0.3 is 0 Å². The summed E-state index contributed by atoms with van der Waals surface area (Å²) in [5, 5.41) is 18.3. The van der Waals surface area contributed by atoms with Crippen LogP contribution in [0.1, 0.15) is 16.7 Å². The van der Waals surface area contributed by atoms with Crippen molar-refractivity contribution in [1.29, 1.82) is 5.26 Å². The third-order valence-corrected chi connectivity index (χ3v) is 3.22. The lowest BCUT2D eigenvalue weighted by molar-refractivity contribution is 0.274. The Bertz CT molecular complexity index is 662. The van der Waals surface area contributed by atoms with Gasteiger partial charge in [0.2, 0.25) is 0 Å². The van der Waals surface area contributed by atoms with Gasteiger partial charge in [-0.3, -0.25) is 0 Å². The molecule has 0 atom stereocenters. The van der Waals surface area contributed by atoms with Crippen LogP contribution < -0.4 is 9.47 Å². The molecule has 21 heavy (non-hydrogen) atoms. The number of rotatable bonds is 5. The van der Waals surface area contributed by atoms with E-state index in [2.05, 4.69) is 6.07 Å². The highest BCUT2D eigenvalue weighted by molar-refractivity contribution is 6.32. The molecule has 0 aromatic heterocycles. The van der Waals surface area contributed by atoms with Crippen LogP contribution in [0.2, 0.25) is 5.02 Å². The summed E-state index contributed by atoms with van der Waals surface area (Å²) in [5.74, 6) is 0.904. The molecule has 0 aliphatic carbocycles. The summed E-state index contributed by atoms with van der Waals surface area (Å²) >= 11 is 6.15. The van der Waals surface area contributed by atoms with Gasteiger partial charge < -0.3 is 14.6 Å². The molecule has 5 heteroatoms. The Morgan fingerprint density at radius 2 is 1.90 bits per heavy atom. The predicted molar refractivity (Wildman–Crippen MR) is 79.4 cm³/mol. The van der Waals surface area contributed by atoms with Gasteiger partial charge in [-0.15, -0.1) is 0 Å². The minimum absolute atomic E-state index is 0.119. The second-order valence-electron chi connectivity index (χ2n) is 4.36. The molecule has 2 aromatic rings. The SMILES string of the molecule is COc1cc(CO)cc(Cl)c1OCc1ccc(C#N)cc1. The van der Waals surface area contributed by atoms with Crippen molar-refractivity contribution in [1.82, 2.24) is 0 Å². The van der Waals surface area contributed by atoms with Gasteiger partial charge in [-0.05, 0) is 35.4 Å². The van der Waals surface area contributed by atoms with Gasteiger partial charge in [0.1, 0.15) is 6.61 Å². The Kier molecular flexibility index (Phi) is 5.04. The number of aliphatic hydroxyl groups excluding tert-OH is 1. The molecule has 0 aliphatic heterocycles. The molecular formula is C16H14ClNO3. The third-order valence-electron chi connectivity index (χ3n) is 2.94. The van der Waals surface area contributed by atoms with E-state index in [1.54, 1.807) is 24.3 Å². The lowest BCUT2D eigenvalue weighted by atomic mass is 10.1. The fourth-order valence-corrected chi connectivity index (χ4v) is 2.12. The zero-order valence-electron chi connectivity index (χ0n) is 11.5. The van der Waals surface area contributed by atoms with Gasteiger partial charge in [-0.1, -0.05) is 23.7 Å². The average molecular weight is 304 g/mol. The van der Waals surface area contributed by atoms with E-state index < -0.39 is 0 Å². The van der Waals surface area contributed by atoms with E-state index in [1.165, 1.54) is 7.11 Å². The number of nitriles is 1. The van der Waals surface area contributed by atoms with Crippen LogP contribution in [0.25, 0.3) is 0 Å². The summed E-state index contributed by atoms with van der Waals surface area (Å²) in [5.41, 5.74) is 2.17. The maximum Gasteiger partial charge on any atom is 0.180 e. The first-order valence-electron chi connectivity index (χ1n) is 6.27. The van der Waals surface area contributed by atoms with E-state index in [0.29, 0.717) is 34.3 Å². The van der Waals surface area contributed by atoms with Crippen LogP contribution in [-0.4, -0.2) is 12.2 Å². The fourth-order valence-electron chi connectivity index (χ4n) is 1.84. The third kappa shape index (κ3) is 3.66. The summed E-state index contributed by atoms with van der Waals surface area (Å²) < 4.78 is 10.9. The van der Waals surface area contributed by atoms with E-state index in [0.717, 1.165) is 5.56 Å². The van der Waals surface area contributed by atoms with E-state index in [1.807, 2.05) is 12.1 Å². The molecule has 0 amide bonds. The number of hydrogen-bond donors (Lipinski definition) is 1. The zero-order chi connectivity index (χ0) is 15.2. The van der Waals surface area contributed by atoms with E-state index >= 15 is 0 Å². The number of benzene rings is 2. The maximum absolute atomic E-state index is 9.15. The van der Waals surface area contributed by atoms with Gasteiger partial charge in [0, 0.05) is 0 Å². The first kappa shape index (κ1) is 15.2. The Labute approximate surface area is 128 Å². The van der Waals surface area contributed by atoms with Crippen molar-refractivity contribution in [2.45, 2.75) is 13.2 Å². The van der Waals surface area contributed by atoms with Crippen LogP contribution in [0.3, 0.4) is 0 Å². The molecular weight excluding hydrogens is 290 g/mol. The Morgan fingerprint density at radius 3 is 2.48 bits per heavy atom. The molecule has 0 saturated heterocycles. The van der Waals surface area contributed by atoms with Crippen molar-refractivity contribution in [3.63, 3.8) is 0 Å². The second kappa shape index (κ2) is 6.98. The molecule has 0 unspecified atom stereocenters. The number of hydrogen-bond acceptors (Lipinski definition) is 4. The molecule has 0 radical (unpaired) electrons. The fraction of sp³-hybridized carbons (Fsp3) is 0.188. The van der Waals surface area contributed by atoms with Crippen LogP contribution in [0.4, 0.5) is 0 Å². The first-order valence-corrected chi connectivity index (χ1v) is 6.65. The van der Waals surface area contributed by atoms with Crippen molar-refractivity contribution < 1.29 is 14.6 Å². The van der Waals surface area contributed by atoms with Gasteiger partial charge in [0.25, 0.3) is 0 Å². The summed E-state index contributed by atoms with van der Waals surface area (Å²) in [6.07, 6.45) is 0. The average Bonchev–Trinajstić information content (AvgIpc) is 2.53. The van der Waals surface area contributed by atoms with Gasteiger partial charge in [-0.25, -0.2) is 0 Å². The second-order valence-corrected chi connectivity index (χ2v) is 4.77. The van der Waals surface area contributed by atoms with E-state index in [4.69, 9.17) is 31.4 Å². The quantitative estimate of drug-likeness (QED) is 0.920. The minimum Gasteiger partial charge on any atom is -0.493 e. The first-order chi connectivity index (χ1) is 10.2. The molecule has 4 nitrogen and oxygen atoms in total. The van der Waals surface area contributed by atoms with Crippen LogP contribution >= 0.6 is 11.6 Å². The summed E-state index contributed by atoms with van der Waals surface area (Å²) in [6.45, 7) is 0.187. The number of halogens is 1. The van der Waals surface area contributed by atoms with Gasteiger partial charge in [-0.2, -0.15) is 5.26 Å². The number of nitrogens with zero attached hydrogens (tertiary/aromatic N) is 1. The lowest BCUT2D eigenvalue weighted by Gasteiger charge is -2.13. The summed E-state index contributed by atoms with van der Waals surface area (Å²) in [6, 6.07) is 12.5. The monoisotopic (exact) mass is 303 g/mol. The van der Waals surface area contributed by atoms with Crippen LogP contribution in [0, 0.1) is 11.3 Å². The molecule has 0 bridgehead atoms. The highest BCUT2D eigenvalue weighted by Crippen LogP contribution is 2.36. The standard InChI is InChI=1S/C16H14ClNO3/c1-20-15-7-13(9-19)6-14(17)16(15)21-10-12-4-2-11(8-18)3-5-12/h2-7,19H,9-10H2,1H3. The maximum atomic E-state index is 9.15. The minimum atomic E-state index is -0.119. The molecule has 0 fully saturated rings. The highest BCUT2D eigenvalue weighted by Gasteiger charge is 2.12. The van der Waals surface area contributed by atoms with Crippen molar-refractivity contribution in [2.75, 3.05) is 7.11 Å². The Morgan fingerprint density at radius 1 is 1.19 bits per heavy atom. The van der Waals surface area contributed by atoms with Crippen LogP contribution in [-0.2, 0) is 13.2 Å². The van der Waals surface area contributed by atoms with Crippen molar-refractivity contribution >= 4 is 11.6 Å². The number of methoxy groups -OCH3 is 1. The highest BCUT2D eigenvalue weighted by atomic mass is 35.5. The molecule has 108 valence electrons. The Balaban J connectivity index is 2.17. The van der Waals surface area contributed by atoms with Crippen LogP contribution in [0.15, 0.2) is 36.4 Å². The van der Waals surface area contributed by atoms with Crippen molar-refractivity contribution in [3.05, 3.63) is 58.1 Å². The molecule has 2 rings (SSSR count). The smallest absolute Gasteiger partial charge is 0.180 e. The molecule has 2 aromatic carbocycles. The lowest BCUT2D eigenvalue weighted by Crippen LogP contribution is -1.99. The topological polar surface area (TPSA) is 62.5 Å². The van der Waals surface area contributed by atoms with Gasteiger partial charge in [0.15, 0.2) is 11.5 Å². The van der Waals surface area contributed by atoms with Crippen molar-refractivity contribution in [2.24, 2.45) is 0 Å². The molecule has 0 heterocycles. The van der Waals surface area contributed by atoms with Crippen LogP contribution in [0.5, 0.6) is 11.5 Å².